The van der Waals surface area contributed by atoms with Crippen molar-refractivity contribution in [3.63, 3.8) is 0 Å². The molecule has 8 rings (SSSR count). The molecule has 0 saturated carbocycles. The second kappa shape index (κ2) is 15.0. The number of piperidine rings is 2. The fourth-order valence-electron chi connectivity index (χ4n) is 7.05. The van der Waals surface area contributed by atoms with Crippen molar-refractivity contribution in [2.45, 2.75) is 44.3 Å². The topological polar surface area (TPSA) is 181 Å². The maximum atomic E-state index is 13.2. The van der Waals surface area contributed by atoms with Crippen LogP contribution in [-0.4, -0.2) is 73.9 Å². The average Bonchev–Trinajstić information content (AvgIpc) is 3.52. The zero-order valence-electron chi connectivity index (χ0n) is 29.1. The summed E-state index contributed by atoms with van der Waals surface area (Å²) >= 11 is 3.55. The van der Waals surface area contributed by atoms with Crippen LogP contribution in [0.3, 0.4) is 0 Å². The molecule has 2 aromatic heterocycles. The number of imide groups is 1. The smallest absolute Gasteiger partial charge is 0.255 e. The zero-order valence-corrected chi connectivity index (χ0v) is 30.6. The van der Waals surface area contributed by atoms with Crippen molar-refractivity contribution in [1.29, 1.82) is 5.41 Å². The number of carbonyl (C=O) groups excluding carboxylic acids is 3. The van der Waals surface area contributed by atoms with E-state index in [4.69, 9.17) is 10.4 Å². The third-order valence-corrected chi connectivity index (χ3v) is 10.6. The molecular formula is C39H36BrN11O3. The maximum Gasteiger partial charge on any atom is 0.255 e. The number of hydrogen-bond acceptors (Lipinski definition) is 12. The normalized spacial score (nSPS) is 17.7. The van der Waals surface area contributed by atoms with Gasteiger partial charge in [-0.15, -0.1) is 0 Å². The largest absolute Gasteiger partial charge is 0.387 e. The Balaban J connectivity index is 0.860. The van der Waals surface area contributed by atoms with Crippen LogP contribution in [0.5, 0.6) is 0 Å². The van der Waals surface area contributed by atoms with Crippen molar-refractivity contribution in [2.24, 2.45) is 0 Å². The number of fused-ring (bicyclic) bond motifs is 2. The van der Waals surface area contributed by atoms with Crippen LogP contribution in [0.4, 0.5) is 28.8 Å². The molecule has 0 spiro atoms. The fourth-order valence-corrected chi connectivity index (χ4v) is 7.50. The van der Waals surface area contributed by atoms with E-state index in [1.165, 1.54) is 11.1 Å². The van der Waals surface area contributed by atoms with Crippen LogP contribution in [0, 0.1) is 5.41 Å². The number of allylic oxidation sites excluding steroid dienone is 1. The molecule has 0 aliphatic carbocycles. The van der Waals surface area contributed by atoms with Crippen molar-refractivity contribution in [2.75, 3.05) is 28.6 Å². The molecule has 2 fully saturated rings. The van der Waals surface area contributed by atoms with Gasteiger partial charge in [0, 0.05) is 88.9 Å². The first-order valence-electron chi connectivity index (χ1n) is 17.7. The first-order chi connectivity index (χ1) is 26.3. The Hall–Kier alpha value is -6.22. The second-order valence-electron chi connectivity index (χ2n) is 13.3. The van der Waals surface area contributed by atoms with Crippen LogP contribution in [0.1, 0.15) is 47.3 Å². The van der Waals surface area contributed by atoms with Gasteiger partial charge in [0.25, 0.3) is 5.91 Å². The second-order valence-corrected chi connectivity index (χ2v) is 14.2. The fraction of sp³-hybridized carbons (Fsp3) is 0.231. The van der Waals surface area contributed by atoms with E-state index in [-0.39, 0.29) is 30.8 Å². The van der Waals surface area contributed by atoms with Crippen LogP contribution in [0.2, 0.25) is 0 Å². The first-order valence-corrected chi connectivity index (χ1v) is 18.5. The Morgan fingerprint density at radius 2 is 1.74 bits per heavy atom. The summed E-state index contributed by atoms with van der Waals surface area (Å²) in [6.07, 6.45) is 8.93. The summed E-state index contributed by atoms with van der Waals surface area (Å²) in [6.45, 7) is 2.03. The van der Waals surface area contributed by atoms with Gasteiger partial charge >= 0.3 is 0 Å². The predicted octanol–water partition coefficient (Wildman–Crippen LogP) is 5.68. The molecular weight excluding hydrogens is 750 g/mol. The minimum absolute atomic E-state index is 0.202. The molecule has 5 N–H and O–H groups in total. The quantitative estimate of drug-likeness (QED) is 0.0869. The van der Waals surface area contributed by atoms with Gasteiger partial charge in [0.2, 0.25) is 17.8 Å². The first kappa shape index (κ1) is 34.8. The van der Waals surface area contributed by atoms with Gasteiger partial charge in [0.1, 0.15) is 17.4 Å². The Morgan fingerprint density at radius 3 is 2.54 bits per heavy atom. The summed E-state index contributed by atoms with van der Waals surface area (Å²) in [7, 11) is 0. The highest BCUT2D eigenvalue weighted by Gasteiger charge is 2.40. The van der Waals surface area contributed by atoms with Gasteiger partial charge in [-0.25, -0.2) is 9.97 Å². The number of nitrogens with zero attached hydrogens (tertiary/aromatic N) is 6. The van der Waals surface area contributed by atoms with Crippen LogP contribution in [0.25, 0.3) is 16.6 Å². The number of hydrogen-bond donors (Lipinski definition) is 5. The molecule has 0 bridgehead atoms. The molecule has 14 nitrogen and oxygen atoms in total. The van der Waals surface area contributed by atoms with Crippen molar-refractivity contribution in [3.05, 3.63) is 107 Å². The van der Waals surface area contributed by atoms with E-state index in [1.54, 1.807) is 30.6 Å². The molecule has 5 heterocycles. The summed E-state index contributed by atoms with van der Waals surface area (Å²) < 4.78 is 0.869. The van der Waals surface area contributed by atoms with E-state index in [0.29, 0.717) is 40.7 Å². The molecule has 272 valence electrons. The van der Waals surface area contributed by atoms with Crippen LogP contribution >= 0.6 is 15.9 Å². The van der Waals surface area contributed by atoms with Crippen LogP contribution < -0.4 is 26.2 Å². The predicted molar refractivity (Wildman–Crippen MR) is 210 cm³/mol. The van der Waals surface area contributed by atoms with Gasteiger partial charge in [-0.05, 0) is 89.8 Å². The summed E-state index contributed by atoms with van der Waals surface area (Å²) in [4.78, 5) is 59.6. The highest BCUT2D eigenvalue weighted by Crippen LogP contribution is 2.34. The van der Waals surface area contributed by atoms with Crippen molar-refractivity contribution in [1.82, 2.24) is 35.5 Å². The molecule has 15 heteroatoms. The van der Waals surface area contributed by atoms with Crippen LogP contribution in [-0.2, 0) is 16.1 Å². The molecule has 54 heavy (non-hydrogen) atoms. The highest BCUT2D eigenvalue weighted by atomic mass is 79.9. The number of carbonyl (C=O) groups is 3. The third-order valence-electron chi connectivity index (χ3n) is 9.93. The number of anilines is 5. The van der Waals surface area contributed by atoms with E-state index in [2.05, 4.69) is 69.2 Å². The highest BCUT2D eigenvalue weighted by molar-refractivity contribution is 9.10. The van der Waals surface area contributed by atoms with Gasteiger partial charge in [-0.3, -0.25) is 24.7 Å². The molecule has 3 aliphatic rings. The number of nitrogens with one attached hydrogen (secondary N) is 5. The Bertz CT molecular complexity index is 2310. The van der Waals surface area contributed by atoms with Gasteiger partial charge in [0.15, 0.2) is 0 Å². The molecule has 3 amide bonds. The van der Waals surface area contributed by atoms with E-state index in [1.807, 2.05) is 42.6 Å². The Kier molecular flexibility index (Phi) is 9.69. The summed E-state index contributed by atoms with van der Waals surface area (Å²) in [6, 6.07) is 20.7. The lowest BCUT2D eigenvalue weighted by Gasteiger charge is -2.34. The lowest BCUT2D eigenvalue weighted by Crippen LogP contribution is -2.52. The summed E-state index contributed by atoms with van der Waals surface area (Å²) in [5.74, 6) is -0.0346. The lowest BCUT2D eigenvalue weighted by molar-refractivity contribution is -0.136. The number of benzene rings is 3. The van der Waals surface area contributed by atoms with Crippen molar-refractivity contribution in [3.8, 4) is 0 Å². The number of halogens is 1. The number of amides is 3. The summed E-state index contributed by atoms with van der Waals surface area (Å²) in [5.41, 5.74) is 6.86. The minimum atomic E-state index is -0.684. The van der Waals surface area contributed by atoms with Crippen LogP contribution in [0.15, 0.2) is 89.8 Å². The van der Waals surface area contributed by atoms with Crippen molar-refractivity contribution >= 4 is 85.3 Å². The van der Waals surface area contributed by atoms with E-state index in [0.717, 1.165) is 58.4 Å². The van der Waals surface area contributed by atoms with Gasteiger partial charge in [-0.2, -0.15) is 4.98 Å². The molecule has 1 atom stereocenters. The number of rotatable bonds is 10. The van der Waals surface area contributed by atoms with Gasteiger partial charge in [0.05, 0.1) is 17.4 Å². The summed E-state index contributed by atoms with van der Waals surface area (Å²) in [5, 5.41) is 20.4. The molecule has 5 aromatic rings. The van der Waals surface area contributed by atoms with E-state index >= 15 is 0 Å². The SMILES string of the molecule is N=C/C(=C\NC1CCN(c2ccc(Nc3nccc(Nc4cccc5c4CN(C4CCC(=O)NC4=O)C5=O)n3)cc2)CC1)c1cnc2cccc(Br)c2n1. The Labute approximate surface area is 319 Å². The molecule has 3 aromatic carbocycles. The van der Waals surface area contributed by atoms with Gasteiger partial charge in [-0.1, -0.05) is 12.1 Å². The monoisotopic (exact) mass is 785 g/mol. The molecule has 1 unspecified atom stereocenters. The van der Waals surface area contributed by atoms with E-state index < -0.39 is 11.9 Å². The average molecular weight is 787 g/mol. The van der Waals surface area contributed by atoms with Gasteiger partial charge < -0.3 is 31.2 Å². The molecule has 2 saturated heterocycles. The molecule has 0 radical (unpaired) electrons. The maximum absolute atomic E-state index is 13.2. The standard InChI is InChI=1S/C39H36BrN11O3/c40-29-4-2-6-31-36(29)47-32(21-44-31)23(19-41)20-43-24-14-17-50(18-15-24)26-9-7-25(8-10-26)45-39-42-16-13-34(48-39)46-30-5-1-3-27-28(30)22-51(38(27)54)33-11-12-35(52)49-37(33)53/h1-10,13,16,19-21,24,33,41,43H,11-12,14-15,17-18,22H2,(H,49,52,53)(H2,42,45,46,48)/b23-20+,41-19?. The molecule has 3 aliphatic heterocycles. The number of para-hydroxylation sites is 1. The number of aromatic nitrogens is 4. The zero-order chi connectivity index (χ0) is 37.2. The minimum Gasteiger partial charge on any atom is -0.387 e. The van der Waals surface area contributed by atoms with E-state index in [9.17, 15) is 14.4 Å². The Morgan fingerprint density at radius 1 is 0.926 bits per heavy atom. The van der Waals surface area contributed by atoms with Crippen molar-refractivity contribution < 1.29 is 14.4 Å². The third kappa shape index (κ3) is 7.22. The lowest BCUT2D eigenvalue weighted by atomic mass is 10.0.